The Morgan fingerprint density at radius 2 is 1.82 bits per heavy atom. The highest BCUT2D eigenvalue weighted by Gasteiger charge is 2.41. The standard InChI is InChI=1S/C13H25NO3/c1-6-7-8-9-13(5,12(16)17)14(10(2)3)11(4)15/h10H,6-9H2,1-5H3,(H,16,17). The molecule has 0 aromatic heterocycles. The van der Waals surface area contributed by atoms with Crippen molar-refractivity contribution >= 4 is 11.9 Å². The van der Waals surface area contributed by atoms with Gasteiger partial charge in [0.2, 0.25) is 5.91 Å². The predicted molar refractivity (Wildman–Crippen MR) is 67.8 cm³/mol. The first kappa shape index (κ1) is 15.9. The van der Waals surface area contributed by atoms with E-state index >= 15 is 0 Å². The Balaban J connectivity index is 5.01. The van der Waals surface area contributed by atoms with Crippen molar-refractivity contribution in [3.8, 4) is 0 Å². The van der Waals surface area contributed by atoms with Crippen LogP contribution in [0.4, 0.5) is 0 Å². The molecule has 0 aromatic rings. The normalized spacial score (nSPS) is 14.5. The van der Waals surface area contributed by atoms with E-state index in [1.807, 2.05) is 13.8 Å². The van der Waals surface area contributed by atoms with E-state index in [2.05, 4.69) is 6.92 Å². The SMILES string of the molecule is CCCCCC(C)(C(=O)O)N(C(C)=O)C(C)C. The summed E-state index contributed by atoms with van der Waals surface area (Å²) in [6.07, 6.45) is 3.37. The van der Waals surface area contributed by atoms with E-state index < -0.39 is 11.5 Å². The van der Waals surface area contributed by atoms with E-state index in [1.54, 1.807) is 6.92 Å². The number of amides is 1. The molecule has 0 spiro atoms. The van der Waals surface area contributed by atoms with Gasteiger partial charge in [0.15, 0.2) is 0 Å². The molecule has 0 aromatic carbocycles. The molecule has 0 bridgehead atoms. The van der Waals surface area contributed by atoms with Crippen LogP contribution in [0.25, 0.3) is 0 Å². The molecule has 1 unspecified atom stereocenters. The fourth-order valence-corrected chi connectivity index (χ4v) is 2.33. The van der Waals surface area contributed by atoms with E-state index in [-0.39, 0.29) is 11.9 Å². The molecule has 0 radical (unpaired) electrons. The van der Waals surface area contributed by atoms with Crippen molar-refractivity contribution in [3.63, 3.8) is 0 Å². The second kappa shape index (κ2) is 6.62. The zero-order valence-electron chi connectivity index (χ0n) is 11.6. The molecule has 0 saturated heterocycles. The minimum absolute atomic E-state index is 0.102. The van der Waals surface area contributed by atoms with Crippen LogP contribution in [0.1, 0.15) is 60.3 Å². The van der Waals surface area contributed by atoms with Crippen LogP contribution in [0.15, 0.2) is 0 Å². The zero-order chi connectivity index (χ0) is 13.6. The smallest absolute Gasteiger partial charge is 0.329 e. The number of hydrogen-bond donors (Lipinski definition) is 1. The molecule has 4 nitrogen and oxygen atoms in total. The monoisotopic (exact) mass is 243 g/mol. The topological polar surface area (TPSA) is 57.6 Å². The van der Waals surface area contributed by atoms with Crippen molar-refractivity contribution in [2.45, 2.75) is 71.9 Å². The van der Waals surface area contributed by atoms with Crippen LogP contribution in [0.2, 0.25) is 0 Å². The van der Waals surface area contributed by atoms with Gasteiger partial charge >= 0.3 is 5.97 Å². The van der Waals surface area contributed by atoms with Gasteiger partial charge in [0, 0.05) is 13.0 Å². The van der Waals surface area contributed by atoms with E-state index in [9.17, 15) is 14.7 Å². The second-order valence-electron chi connectivity index (χ2n) is 5.02. The highest BCUT2D eigenvalue weighted by molar-refractivity contribution is 5.85. The number of carboxylic acids is 1. The first-order valence-corrected chi connectivity index (χ1v) is 6.30. The summed E-state index contributed by atoms with van der Waals surface area (Å²) >= 11 is 0. The Hall–Kier alpha value is -1.06. The summed E-state index contributed by atoms with van der Waals surface area (Å²) in [7, 11) is 0. The molecule has 0 fully saturated rings. The van der Waals surface area contributed by atoms with Gasteiger partial charge in [-0.05, 0) is 27.2 Å². The van der Waals surface area contributed by atoms with Crippen LogP contribution >= 0.6 is 0 Å². The Labute approximate surface area is 104 Å². The molecule has 0 aliphatic heterocycles. The maximum Gasteiger partial charge on any atom is 0.329 e. The van der Waals surface area contributed by atoms with Crippen LogP contribution in [-0.4, -0.2) is 33.5 Å². The van der Waals surface area contributed by atoms with Crippen LogP contribution in [0.3, 0.4) is 0 Å². The van der Waals surface area contributed by atoms with Crippen molar-refractivity contribution in [2.75, 3.05) is 0 Å². The maximum absolute atomic E-state index is 11.6. The van der Waals surface area contributed by atoms with Crippen LogP contribution < -0.4 is 0 Å². The zero-order valence-corrected chi connectivity index (χ0v) is 11.6. The predicted octanol–water partition coefficient (Wildman–Crippen LogP) is 2.67. The lowest BCUT2D eigenvalue weighted by atomic mass is 9.91. The van der Waals surface area contributed by atoms with Crippen LogP contribution in [0.5, 0.6) is 0 Å². The van der Waals surface area contributed by atoms with Crippen molar-refractivity contribution in [2.24, 2.45) is 0 Å². The lowest BCUT2D eigenvalue weighted by molar-refractivity contribution is -0.160. The number of unbranched alkanes of at least 4 members (excludes halogenated alkanes) is 2. The maximum atomic E-state index is 11.6. The highest BCUT2D eigenvalue weighted by Crippen LogP contribution is 2.25. The van der Waals surface area contributed by atoms with E-state index in [0.29, 0.717) is 6.42 Å². The largest absolute Gasteiger partial charge is 0.480 e. The summed E-state index contributed by atoms with van der Waals surface area (Å²) in [5, 5.41) is 9.41. The van der Waals surface area contributed by atoms with Gasteiger partial charge in [-0.15, -0.1) is 0 Å². The first-order valence-electron chi connectivity index (χ1n) is 6.30. The molecular formula is C13H25NO3. The second-order valence-corrected chi connectivity index (χ2v) is 5.02. The molecule has 4 heteroatoms. The van der Waals surface area contributed by atoms with E-state index in [1.165, 1.54) is 11.8 Å². The molecule has 100 valence electrons. The van der Waals surface area contributed by atoms with Gasteiger partial charge in [-0.25, -0.2) is 4.79 Å². The number of aliphatic carboxylic acids is 1. The summed E-state index contributed by atoms with van der Waals surface area (Å²) in [6, 6.07) is -0.102. The molecule has 1 N–H and O–H groups in total. The van der Waals surface area contributed by atoms with E-state index in [0.717, 1.165) is 19.3 Å². The number of nitrogens with zero attached hydrogens (tertiary/aromatic N) is 1. The van der Waals surface area contributed by atoms with Gasteiger partial charge in [-0.1, -0.05) is 26.2 Å². The van der Waals surface area contributed by atoms with Gasteiger partial charge in [0.25, 0.3) is 0 Å². The van der Waals surface area contributed by atoms with E-state index in [4.69, 9.17) is 0 Å². The summed E-state index contributed by atoms with van der Waals surface area (Å²) in [5.74, 6) is -1.10. The van der Waals surface area contributed by atoms with Gasteiger partial charge in [-0.2, -0.15) is 0 Å². The molecular weight excluding hydrogens is 218 g/mol. The van der Waals surface area contributed by atoms with Gasteiger partial charge < -0.3 is 10.0 Å². The number of carbonyl (C=O) groups excluding carboxylic acids is 1. The fraction of sp³-hybridized carbons (Fsp3) is 0.846. The Bertz CT molecular complexity index is 276. The third-order valence-electron chi connectivity index (χ3n) is 3.12. The van der Waals surface area contributed by atoms with Crippen molar-refractivity contribution in [1.29, 1.82) is 0 Å². The molecule has 0 aliphatic rings. The van der Waals surface area contributed by atoms with Gasteiger partial charge in [0.1, 0.15) is 5.54 Å². The average molecular weight is 243 g/mol. The Morgan fingerprint density at radius 3 is 2.12 bits per heavy atom. The van der Waals surface area contributed by atoms with Crippen molar-refractivity contribution in [3.05, 3.63) is 0 Å². The van der Waals surface area contributed by atoms with Gasteiger partial charge in [-0.3, -0.25) is 4.79 Å². The first-order chi connectivity index (χ1) is 7.77. The molecule has 1 atom stereocenters. The number of carbonyl (C=O) groups is 2. The minimum atomic E-state index is -1.09. The lowest BCUT2D eigenvalue weighted by Gasteiger charge is -2.40. The van der Waals surface area contributed by atoms with Crippen molar-refractivity contribution < 1.29 is 14.7 Å². The third-order valence-corrected chi connectivity index (χ3v) is 3.12. The summed E-state index contributed by atoms with van der Waals surface area (Å²) in [6.45, 7) is 8.85. The van der Waals surface area contributed by atoms with Gasteiger partial charge in [0.05, 0.1) is 0 Å². The molecule has 0 saturated carbocycles. The third kappa shape index (κ3) is 4.02. The molecule has 0 aliphatic carbocycles. The lowest BCUT2D eigenvalue weighted by Crippen LogP contribution is -2.57. The van der Waals surface area contributed by atoms with Crippen LogP contribution in [-0.2, 0) is 9.59 Å². The molecule has 1 amide bonds. The Morgan fingerprint density at radius 1 is 1.29 bits per heavy atom. The average Bonchev–Trinajstić information content (AvgIpc) is 2.16. The number of carboxylic acid groups (broad SMARTS) is 1. The minimum Gasteiger partial charge on any atom is -0.480 e. The number of rotatable bonds is 7. The van der Waals surface area contributed by atoms with Crippen molar-refractivity contribution in [1.82, 2.24) is 4.90 Å². The highest BCUT2D eigenvalue weighted by atomic mass is 16.4. The Kier molecular flexibility index (Phi) is 6.21. The summed E-state index contributed by atoms with van der Waals surface area (Å²) < 4.78 is 0. The quantitative estimate of drug-likeness (QED) is 0.699. The summed E-state index contributed by atoms with van der Waals surface area (Å²) in [5.41, 5.74) is -1.09. The fourth-order valence-electron chi connectivity index (χ4n) is 2.33. The van der Waals surface area contributed by atoms with Crippen LogP contribution in [0, 0.1) is 0 Å². The molecule has 0 rings (SSSR count). The summed E-state index contributed by atoms with van der Waals surface area (Å²) in [4.78, 5) is 24.6. The molecule has 17 heavy (non-hydrogen) atoms. The molecule has 0 heterocycles. The number of hydrogen-bond acceptors (Lipinski definition) is 2.